The largest absolute Gasteiger partial charge is 0.351 e. The molecule has 0 aliphatic heterocycles. The quantitative estimate of drug-likeness (QED) is 0.416. The van der Waals surface area contributed by atoms with Gasteiger partial charge in [0.2, 0.25) is 0 Å². The Kier molecular flexibility index (Phi) is 6.95. The van der Waals surface area contributed by atoms with E-state index >= 15 is 0 Å². The average molecular weight is 427 g/mol. The highest BCUT2D eigenvalue weighted by Gasteiger charge is 2.13. The van der Waals surface area contributed by atoms with E-state index in [1.165, 1.54) is 22.6 Å². The van der Waals surface area contributed by atoms with E-state index in [0.29, 0.717) is 17.8 Å². The van der Waals surface area contributed by atoms with Crippen molar-refractivity contribution in [2.75, 3.05) is 17.0 Å². The summed E-state index contributed by atoms with van der Waals surface area (Å²) in [6.45, 7) is 2.59. The molecule has 0 spiro atoms. The van der Waals surface area contributed by atoms with Crippen molar-refractivity contribution >= 4 is 33.4 Å². The molecule has 0 atom stereocenters. The monoisotopic (exact) mass is 426 g/mol. The molecule has 0 fully saturated rings. The zero-order valence-electron chi connectivity index (χ0n) is 16.0. The number of nitrogens with one attached hydrogen (secondary N) is 2. The van der Waals surface area contributed by atoms with Gasteiger partial charge in [0.1, 0.15) is 0 Å². The van der Waals surface area contributed by atoms with Crippen LogP contribution >= 0.6 is 11.8 Å². The highest BCUT2D eigenvalue weighted by molar-refractivity contribution is 7.99. The number of amides is 1. The van der Waals surface area contributed by atoms with Crippen LogP contribution in [0.5, 0.6) is 0 Å². The van der Waals surface area contributed by atoms with Gasteiger partial charge in [0, 0.05) is 28.4 Å². The van der Waals surface area contributed by atoms with E-state index in [1.54, 1.807) is 54.2 Å². The standard InChI is InChI=1S/C22H22N2O3S2/c1-17-7-13-20(14-8-17)28-16-15-23-22(25)18-9-11-19(12-10-18)24-29(26,27)21-5-3-2-4-6-21/h2-14,24H,15-16H2,1H3,(H,23,25). The van der Waals surface area contributed by atoms with Gasteiger partial charge >= 0.3 is 0 Å². The van der Waals surface area contributed by atoms with Crippen molar-refractivity contribution in [3.8, 4) is 0 Å². The van der Waals surface area contributed by atoms with Crippen LogP contribution in [0.15, 0.2) is 88.7 Å². The number of anilines is 1. The van der Waals surface area contributed by atoms with Gasteiger partial charge in [0.05, 0.1) is 4.90 Å². The Morgan fingerprint density at radius 1 is 0.897 bits per heavy atom. The molecule has 3 aromatic carbocycles. The maximum Gasteiger partial charge on any atom is 0.261 e. The molecule has 150 valence electrons. The van der Waals surface area contributed by atoms with Gasteiger partial charge in [-0.25, -0.2) is 8.42 Å². The fraction of sp³-hybridized carbons (Fsp3) is 0.136. The van der Waals surface area contributed by atoms with Crippen molar-refractivity contribution in [3.63, 3.8) is 0 Å². The summed E-state index contributed by atoms with van der Waals surface area (Å²) in [7, 11) is -3.65. The van der Waals surface area contributed by atoms with Gasteiger partial charge in [0.15, 0.2) is 0 Å². The van der Waals surface area contributed by atoms with Gasteiger partial charge in [-0.1, -0.05) is 35.9 Å². The maximum absolute atomic E-state index is 12.3. The van der Waals surface area contributed by atoms with Crippen LogP contribution in [0.25, 0.3) is 0 Å². The predicted octanol–water partition coefficient (Wildman–Crippen LogP) is 4.32. The highest BCUT2D eigenvalue weighted by Crippen LogP contribution is 2.18. The SMILES string of the molecule is Cc1ccc(SCCNC(=O)c2ccc(NS(=O)(=O)c3ccccc3)cc2)cc1. The molecule has 0 aromatic heterocycles. The number of rotatable bonds is 8. The first-order chi connectivity index (χ1) is 13.9. The summed E-state index contributed by atoms with van der Waals surface area (Å²) < 4.78 is 27.2. The van der Waals surface area contributed by atoms with E-state index < -0.39 is 10.0 Å². The van der Waals surface area contributed by atoms with Crippen molar-refractivity contribution in [3.05, 3.63) is 90.0 Å². The Morgan fingerprint density at radius 2 is 1.55 bits per heavy atom. The normalized spacial score (nSPS) is 11.1. The van der Waals surface area contributed by atoms with Gasteiger partial charge in [-0.2, -0.15) is 0 Å². The molecule has 3 aromatic rings. The first-order valence-corrected chi connectivity index (χ1v) is 11.6. The fourth-order valence-corrected chi connectivity index (χ4v) is 4.42. The maximum atomic E-state index is 12.3. The molecule has 5 nitrogen and oxygen atoms in total. The van der Waals surface area contributed by atoms with Crippen molar-refractivity contribution < 1.29 is 13.2 Å². The number of carbonyl (C=O) groups excluding carboxylic acids is 1. The minimum Gasteiger partial charge on any atom is -0.351 e. The minimum atomic E-state index is -3.65. The predicted molar refractivity (Wildman–Crippen MR) is 118 cm³/mol. The lowest BCUT2D eigenvalue weighted by atomic mass is 10.2. The Balaban J connectivity index is 1.50. The Morgan fingerprint density at radius 3 is 2.21 bits per heavy atom. The van der Waals surface area contributed by atoms with Crippen LogP contribution in [0.4, 0.5) is 5.69 Å². The third kappa shape index (κ3) is 6.10. The van der Waals surface area contributed by atoms with Crippen molar-refractivity contribution in [2.24, 2.45) is 0 Å². The minimum absolute atomic E-state index is 0.188. The van der Waals surface area contributed by atoms with Gasteiger partial charge in [-0.15, -0.1) is 11.8 Å². The molecule has 0 bridgehead atoms. The van der Waals surface area contributed by atoms with E-state index in [9.17, 15) is 13.2 Å². The van der Waals surface area contributed by atoms with Crippen LogP contribution in [0.2, 0.25) is 0 Å². The van der Waals surface area contributed by atoms with Crippen LogP contribution < -0.4 is 10.0 Å². The van der Waals surface area contributed by atoms with Crippen LogP contribution in [-0.4, -0.2) is 26.6 Å². The van der Waals surface area contributed by atoms with E-state index in [2.05, 4.69) is 34.3 Å². The lowest BCUT2D eigenvalue weighted by molar-refractivity contribution is 0.0956. The summed E-state index contributed by atoms with van der Waals surface area (Å²) in [4.78, 5) is 13.6. The number of carbonyl (C=O) groups is 1. The summed E-state index contributed by atoms with van der Waals surface area (Å²) >= 11 is 1.68. The molecular weight excluding hydrogens is 404 g/mol. The third-order valence-electron chi connectivity index (χ3n) is 4.13. The topological polar surface area (TPSA) is 75.3 Å². The summed E-state index contributed by atoms with van der Waals surface area (Å²) in [5.74, 6) is 0.580. The van der Waals surface area contributed by atoms with Crippen LogP contribution in [0.3, 0.4) is 0 Å². The van der Waals surface area contributed by atoms with Gasteiger partial charge in [0.25, 0.3) is 15.9 Å². The summed E-state index contributed by atoms with van der Waals surface area (Å²) in [5.41, 5.74) is 2.10. The molecule has 2 N–H and O–H groups in total. The molecule has 0 aliphatic carbocycles. The third-order valence-corrected chi connectivity index (χ3v) is 6.54. The van der Waals surface area contributed by atoms with Gasteiger partial charge < -0.3 is 5.32 Å². The summed E-state index contributed by atoms with van der Waals surface area (Å²) in [5, 5.41) is 2.88. The smallest absolute Gasteiger partial charge is 0.261 e. The zero-order chi connectivity index (χ0) is 20.7. The second-order valence-electron chi connectivity index (χ2n) is 6.41. The van der Waals surface area contributed by atoms with Crippen LogP contribution in [-0.2, 0) is 10.0 Å². The van der Waals surface area contributed by atoms with Gasteiger partial charge in [-0.05, 0) is 55.5 Å². The lowest BCUT2D eigenvalue weighted by Crippen LogP contribution is -2.25. The molecule has 0 aliphatic rings. The van der Waals surface area contributed by atoms with Gasteiger partial charge in [-0.3, -0.25) is 9.52 Å². The lowest BCUT2D eigenvalue weighted by Gasteiger charge is -2.09. The number of thioether (sulfide) groups is 1. The number of hydrogen-bond acceptors (Lipinski definition) is 4. The molecule has 0 radical (unpaired) electrons. The van der Waals surface area contributed by atoms with Crippen molar-refractivity contribution in [1.29, 1.82) is 0 Å². The molecule has 0 saturated heterocycles. The van der Waals surface area contributed by atoms with Crippen LogP contribution in [0, 0.1) is 6.92 Å². The van der Waals surface area contributed by atoms with Crippen molar-refractivity contribution in [1.82, 2.24) is 5.32 Å². The molecule has 3 rings (SSSR count). The van der Waals surface area contributed by atoms with Crippen LogP contribution in [0.1, 0.15) is 15.9 Å². The number of aryl methyl sites for hydroxylation is 1. The second-order valence-corrected chi connectivity index (χ2v) is 9.26. The average Bonchev–Trinajstić information content (AvgIpc) is 2.73. The highest BCUT2D eigenvalue weighted by atomic mass is 32.2. The number of benzene rings is 3. The molecule has 0 heterocycles. The Hall–Kier alpha value is -2.77. The molecule has 1 amide bonds. The number of hydrogen-bond donors (Lipinski definition) is 2. The summed E-state index contributed by atoms with van der Waals surface area (Å²) in [6, 6.07) is 22.8. The fourth-order valence-electron chi connectivity index (χ4n) is 2.57. The Labute approximate surface area is 175 Å². The van der Waals surface area contributed by atoms with E-state index in [4.69, 9.17) is 0 Å². The molecular formula is C22H22N2O3S2. The molecule has 0 saturated carbocycles. The molecule has 29 heavy (non-hydrogen) atoms. The summed E-state index contributed by atoms with van der Waals surface area (Å²) in [6.07, 6.45) is 0. The van der Waals surface area contributed by atoms with E-state index in [0.717, 1.165) is 5.75 Å². The molecule has 7 heteroatoms. The van der Waals surface area contributed by atoms with Crippen molar-refractivity contribution in [2.45, 2.75) is 16.7 Å². The first kappa shape index (κ1) is 21.0. The van der Waals surface area contributed by atoms with E-state index in [1.807, 2.05) is 6.92 Å². The number of sulfonamides is 1. The zero-order valence-corrected chi connectivity index (χ0v) is 17.6. The van der Waals surface area contributed by atoms with E-state index in [-0.39, 0.29) is 10.8 Å². The molecule has 0 unspecified atom stereocenters. The first-order valence-electron chi connectivity index (χ1n) is 9.10. The second kappa shape index (κ2) is 9.62. The Bertz CT molecular complexity index is 1050.